The molecule has 204 valence electrons. The number of carbonyl (C=O) groups is 2. The SMILES string of the molecule is CCO[Si](OCC)(OCC)C(CC)NC(=O)OCCCCCOc1ccc(/C=C/C(=O)O)cc1OC. The number of carboxylic acid groups (broad SMARTS) is 1. The van der Waals surface area contributed by atoms with Crippen LogP contribution < -0.4 is 14.8 Å². The van der Waals surface area contributed by atoms with Crippen LogP contribution in [0.2, 0.25) is 0 Å². The third kappa shape index (κ3) is 11.0. The number of unbranched alkanes of at least 4 members (excludes halogenated alkanes) is 2. The number of hydrogen-bond acceptors (Lipinski definition) is 8. The summed E-state index contributed by atoms with van der Waals surface area (Å²) in [6, 6.07) is 5.21. The Morgan fingerprint density at radius 3 is 2.17 bits per heavy atom. The Kier molecular flexibility index (Phi) is 15.5. The molecule has 1 atom stereocenters. The first-order chi connectivity index (χ1) is 17.3. The fourth-order valence-electron chi connectivity index (χ4n) is 3.46. The van der Waals surface area contributed by atoms with E-state index in [9.17, 15) is 9.59 Å². The molecule has 11 heteroatoms. The normalized spacial score (nSPS) is 12.4. The largest absolute Gasteiger partial charge is 0.524 e. The highest BCUT2D eigenvalue weighted by molar-refractivity contribution is 6.62. The molecule has 0 saturated carbocycles. The maximum Gasteiger partial charge on any atom is 0.524 e. The maximum absolute atomic E-state index is 12.4. The summed E-state index contributed by atoms with van der Waals surface area (Å²) in [5.74, 6) is 0.0907. The molecule has 0 aliphatic carbocycles. The highest BCUT2D eigenvalue weighted by atomic mass is 28.4. The average molecular weight is 528 g/mol. The van der Waals surface area contributed by atoms with Crippen LogP contribution in [0, 0.1) is 0 Å². The molecule has 0 aliphatic rings. The monoisotopic (exact) mass is 527 g/mol. The van der Waals surface area contributed by atoms with Crippen molar-refractivity contribution in [2.45, 2.75) is 59.0 Å². The van der Waals surface area contributed by atoms with Crippen LogP contribution in [0.1, 0.15) is 58.9 Å². The number of amides is 1. The lowest BCUT2D eigenvalue weighted by atomic mass is 10.2. The molecule has 0 fully saturated rings. The fourth-order valence-corrected chi connectivity index (χ4v) is 6.31. The standard InChI is InChI=1S/C25H41NO9Si/c1-6-23(36(33-7-2,34-8-3)35-9-4)26-25(29)32-18-12-10-11-17-31-21-15-13-20(14-16-24(27)28)19-22(21)30-5/h13-16,19,23H,6-12,17-18H2,1-5H3,(H,26,29)(H,27,28)/b16-14+. The predicted molar refractivity (Wildman–Crippen MR) is 138 cm³/mol. The van der Waals surface area contributed by atoms with Gasteiger partial charge in [0, 0.05) is 25.9 Å². The highest BCUT2D eigenvalue weighted by Crippen LogP contribution is 2.28. The van der Waals surface area contributed by atoms with Gasteiger partial charge in [-0.25, -0.2) is 9.59 Å². The molecule has 0 saturated heterocycles. The Morgan fingerprint density at radius 2 is 1.61 bits per heavy atom. The van der Waals surface area contributed by atoms with Crippen LogP contribution in [0.25, 0.3) is 6.08 Å². The van der Waals surface area contributed by atoms with Gasteiger partial charge in [-0.05, 0) is 70.2 Å². The summed E-state index contributed by atoms with van der Waals surface area (Å²) >= 11 is 0. The molecule has 0 spiro atoms. The van der Waals surface area contributed by atoms with E-state index < -0.39 is 20.9 Å². The van der Waals surface area contributed by atoms with E-state index in [-0.39, 0.29) is 12.3 Å². The zero-order valence-corrected chi connectivity index (χ0v) is 23.0. The maximum atomic E-state index is 12.4. The molecule has 1 amide bonds. The van der Waals surface area contributed by atoms with Crippen molar-refractivity contribution in [1.29, 1.82) is 0 Å². The molecule has 1 unspecified atom stereocenters. The Labute approximate surface area is 215 Å². The van der Waals surface area contributed by atoms with Crippen molar-refractivity contribution in [2.75, 3.05) is 40.1 Å². The molecule has 0 bridgehead atoms. The first kappa shape index (κ1) is 31.4. The zero-order chi connectivity index (χ0) is 26.8. The van der Waals surface area contributed by atoms with Crippen LogP contribution in [0.15, 0.2) is 24.3 Å². The molecule has 0 heterocycles. The third-order valence-corrected chi connectivity index (χ3v) is 8.53. The van der Waals surface area contributed by atoms with E-state index in [1.54, 1.807) is 18.2 Å². The van der Waals surface area contributed by atoms with Crippen molar-refractivity contribution >= 4 is 26.9 Å². The third-order valence-electron chi connectivity index (χ3n) is 5.05. The van der Waals surface area contributed by atoms with Gasteiger partial charge in [0.05, 0.1) is 20.3 Å². The van der Waals surface area contributed by atoms with Gasteiger partial charge in [0.15, 0.2) is 11.5 Å². The van der Waals surface area contributed by atoms with Crippen LogP contribution in [0.4, 0.5) is 4.79 Å². The molecule has 1 rings (SSSR count). The lowest BCUT2D eigenvalue weighted by Crippen LogP contribution is -2.62. The number of benzene rings is 1. The summed E-state index contributed by atoms with van der Waals surface area (Å²) in [4.78, 5) is 23.0. The van der Waals surface area contributed by atoms with Gasteiger partial charge in [-0.3, -0.25) is 0 Å². The van der Waals surface area contributed by atoms with Gasteiger partial charge >= 0.3 is 20.9 Å². The molecule has 10 nitrogen and oxygen atoms in total. The molecule has 0 aromatic heterocycles. The number of rotatable bonds is 19. The van der Waals surface area contributed by atoms with Crippen molar-refractivity contribution in [3.05, 3.63) is 29.8 Å². The summed E-state index contributed by atoms with van der Waals surface area (Å²) < 4.78 is 34.1. The molecule has 2 N–H and O–H groups in total. The second-order valence-electron chi connectivity index (χ2n) is 7.63. The molecule has 0 aliphatic heterocycles. The molecule has 0 radical (unpaired) electrons. The molecular weight excluding hydrogens is 486 g/mol. The number of carboxylic acids is 1. The highest BCUT2D eigenvalue weighted by Gasteiger charge is 2.49. The van der Waals surface area contributed by atoms with Gasteiger partial charge in [0.2, 0.25) is 0 Å². The van der Waals surface area contributed by atoms with Crippen LogP contribution in [0.5, 0.6) is 11.5 Å². The Hall–Kier alpha value is -2.60. The van der Waals surface area contributed by atoms with Crippen molar-refractivity contribution < 1.29 is 42.2 Å². The number of ether oxygens (including phenoxy) is 3. The number of nitrogens with one attached hydrogen (secondary N) is 1. The van der Waals surface area contributed by atoms with Gasteiger partial charge in [-0.1, -0.05) is 13.0 Å². The molecule has 36 heavy (non-hydrogen) atoms. The smallest absolute Gasteiger partial charge is 0.493 e. The fraction of sp³-hybridized carbons (Fsp3) is 0.600. The van der Waals surface area contributed by atoms with E-state index in [0.29, 0.717) is 56.3 Å². The van der Waals surface area contributed by atoms with E-state index in [1.807, 2.05) is 27.7 Å². The minimum Gasteiger partial charge on any atom is -0.493 e. The van der Waals surface area contributed by atoms with Gasteiger partial charge in [-0.15, -0.1) is 0 Å². The first-order valence-electron chi connectivity index (χ1n) is 12.4. The van der Waals surface area contributed by atoms with Crippen LogP contribution >= 0.6 is 0 Å². The molecule has 1 aromatic rings. The number of alkyl carbamates (subject to hydrolysis) is 1. The van der Waals surface area contributed by atoms with Crippen molar-refractivity contribution in [1.82, 2.24) is 5.32 Å². The summed E-state index contributed by atoms with van der Waals surface area (Å²) in [5, 5.41) is 11.6. The van der Waals surface area contributed by atoms with E-state index in [2.05, 4.69) is 5.32 Å². The Bertz CT molecular complexity index is 802. The quantitative estimate of drug-likeness (QED) is 0.153. The summed E-state index contributed by atoms with van der Waals surface area (Å²) in [6.45, 7) is 9.61. The van der Waals surface area contributed by atoms with E-state index in [4.69, 9.17) is 32.6 Å². The minimum atomic E-state index is -3.08. The number of aliphatic carboxylic acids is 1. The number of carbonyl (C=O) groups excluding carboxylic acids is 1. The van der Waals surface area contributed by atoms with Crippen LogP contribution in [-0.4, -0.2) is 71.8 Å². The molecule has 1 aromatic carbocycles. The predicted octanol–water partition coefficient (Wildman–Crippen LogP) is 4.43. The Balaban J connectivity index is 2.43. The van der Waals surface area contributed by atoms with Crippen LogP contribution in [0.3, 0.4) is 0 Å². The van der Waals surface area contributed by atoms with Gasteiger partial charge < -0.3 is 37.9 Å². The van der Waals surface area contributed by atoms with E-state index in [0.717, 1.165) is 18.9 Å². The van der Waals surface area contributed by atoms with E-state index >= 15 is 0 Å². The summed E-state index contributed by atoms with van der Waals surface area (Å²) in [5.41, 5.74) is 0.310. The van der Waals surface area contributed by atoms with Crippen LogP contribution in [-0.2, 0) is 22.8 Å². The zero-order valence-electron chi connectivity index (χ0n) is 22.0. The van der Waals surface area contributed by atoms with Crippen molar-refractivity contribution in [3.8, 4) is 11.5 Å². The van der Waals surface area contributed by atoms with Gasteiger partial charge in [0.1, 0.15) is 5.67 Å². The van der Waals surface area contributed by atoms with E-state index in [1.165, 1.54) is 13.2 Å². The van der Waals surface area contributed by atoms with Gasteiger partial charge in [0.25, 0.3) is 0 Å². The minimum absolute atomic E-state index is 0.280. The lowest BCUT2D eigenvalue weighted by Gasteiger charge is -2.34. The molecular formula is C25H41NO9Si. The second-order valence-corrected chi connectivity index (χ2v) is 10.4. The Morgan fingerprint density at radius 1 is 0.972 bits per heavy atom. The topological polar surface area (TPSA) is 122 Å². The van der Waals surface area contributed by atoms with Gasteiger partial charge in [-0.2, -0.15) is 0 Å². The van der Waals surface area contributed by atoms with Crippen molar-refractivity contribution in [3.63, 3.8) is 0 Å². The average Bonchev–Trinajstić information content (AvgIpc) is 2.86. The second kappa shape index (κ2) is 17.8. The summed E-state index contributed by atoms with van der Waals surface area (Å²) in [6.07, 6.45) is 4.89. The number of methoxy groups -OCH3 is 1. The van der Waals surface area contributed by atoms with Crippen molar-refractivity contribution in [2.24, 2.45) is 0 Å². The summed E-state index contributed by atoms with van der Waals surface area (Å²) in [7, 11) is -1.55. The first-order valence-corrected chi connectivity index (χ1v) is 14.2. The lowest BCUT2D eigenvalue weighted by molar-refractivity contribution is -0.131. The number of hydrogen-bond donors (Lipinski definition) is 2.